The Kier molecular flexibility index (Phi) is 5.75. The van der Waals surface area contributed by atoms with E-state index < -0.39 is 41.2 Å². The van der Waals surface area contributed by atoms with Crippen molar-refractivity contribution in [3.8, 4) is 11.5 Å². The molecule has 0 fully saturated rings. The van der Waals surface area contributed by atoms with Crippen LogP contribution in [0, 0.1) is 24.4 Å². The van der Waals surface area contributed by atoms with Crippen LogP contribution in [0.5, 0.6) is 0 Å². The molecule has 0 spiro atoms. The highest BCUT2D eigenvalue weighted by molar-refractivity contribution is 5.42. The van der Waals surface area contributed by atoms with Crippen LogP contribution in [-0.2, 0) is 0 Å². The highest BCUT2D eigenvalue weighted by atomic mass is 19.1. The molecule has 0 aliphatic heterocycles. The van der Waals surface area contributed by atoms with Gasteiger partial charge in [0.2, 0.25) is 5.95 Å². The number of alkyl halides is 1. The Hall–Kier alpha value is -3.96. The van der Waals surface area contributed by atoms with E-state index in [1.165, 1.54) is 17.8 Å². The number of hydrogen-bond donors (Lipinski definition) is 1. The molecule has 172 valence electrons. The molecule has 0 radical (unpaired) electrons. The van der Waals surface area contributed by atoms with Crippen molar-refractivity contribution in [3.63, 3.8) is 0 Å². The number of aromatic nitrogens is 5. The van der Waals surface area contributed by atoms with E-state index in [0.29, 0.717) is 10.3 Å². The molecular formula is C21H18F4N6O2. The molecule has 4 rings (SSSR count). The van der Waals surface area contributed by atoms with Crippen LogP contribution in [0.25, 0.3) is 11.5 Å². The van der Waals surface area contributed by atoms with Crippen LogP contribution in [0.15, 0.2) is 46.3 Å². The summed E-state index contributed by atoms with van der Waals surface area (Å²) in [5, 5.41) is 2.73. The Bertz CT molecular complexity index is 1380. The average molecular weight is 462 g/mol. The van der Waals surface area contributed by atoms with E-state index >= 15 is 0 Å². The normalized spacial score (nSPS) is 13.2. The predicted molar refractivity (Wildman–Crippen MR) is 110 cm³/mol. The number of hydrogen-bond acceptors (Lipinski definition) is 6. The Labute approximate surface area is 184 Å². The fourth-order valence-electron chi connectivity index (χ4n) is 3.29. The topological polar surface area (TPSA) is 90.8 Å². The maximum Gasteiger partial charge on any atom is 0.425 e. The van der Waals surface area contributed by atoms with Gasteiger partial charge in [-0.2, -0.15) is 4.98 Å². The van der Waals surface area contributed by atoms with Crippen molar-refractivity contribution >= 4 is 5.95 Å². The second-order valence-corrected chi connectivity index (χ2v) is 7.36. The van der Waals surface area contributed by atoms with Crippen LogP contribution in [0.2, 0.25) is 0 Å². The fraction of sp³-hybridized carbons (Fsp3) is 0.238. The molecule has 0 aliphatic carbocycles. The molecule has 0 amide bonds. The van der Waals surface area contributed by atoms with Gasteiger partial charge in [-0.25, -0.2) is 36.9 Å². The standard InChI is InChI=1S/C21H18F4N6O2/c1-10-7-30(9-27-10)17-5-14(23)13(4-15(17)24)12(3)28-20-26-6-16(25)19(29-20)31-18(11(2)22)8-33-21(31)32/h4-9,11-12H,1-3H3,(H,26,28,29)/t11-,12-/m0/s1. The zero-order valence-electron chi connectivity index (χ0n) is 17.7. The number of rotatable bonds is 6. The highest BCUT2D eigenvalue weighted by Gasteiger charge is 2.22. The van der Waals surface area contributed by atoms with Gasteiger partial charge < -0.3 is 14.3 Å². The van der Waals surface area contributed by atoms with E-state index in [9.17, 15) is 22.4 Å². The molecule has 3 heterocycles. The molecule has 12 heteroatoms. The smallest absolute Gasteiger partial charge is 0.416 e. The van der Waals surface area contributed by atoms with Gasteiger partial charge >= 0.3 is 5.76 Å². The minimum atomic E-state index is -1.64. The third-order valence-corrected chi connectivity index (χ3v) is 4.93. The van der Waals surface area contributed by atoms with Crippen molar-refractivity contribution in [3.05, 3.63) is 82.1 Å². The van der Waals surface area contributed by atoms with E-state index in [2.05, 4.69) is 24.7 Å². The summed E-state index contributed by atoms with van der Waals surface area (Å²) < 4.78 is 64.3. The molecule has 4 aromatic rings. The van der Waals surface area contributed by atoms with Crippen LogP contribution in [0.1, 0.15) is 43.0 Å². The average Bonchev–Trinajstić information content (AvgIpc) is 3.36. The molecule has 2 atom stereocenters. The second kappa shape index (κ2) is 8.52. The molecule has 8 nitrogen and oxygen atoms in total. The summed E-state index contributed by atoms with van der Waals surface area (Å²) >= 11 is 0. The quantitative estimate of drug-likeness (QED) is 0.429. The number of nitrogens with one attached hydrogen (secondary N) is 1. The first-order valence-electron chi connectivity index (χ1n) is 9.79. The van der Waals surface area contributed by atoms with Gasteiger partial charge in [0.05, 0.1) is 29.9 Å². The maximum atomic E-state index is 14.8. The summed E-state index contributed by atoms with van der Waals surface area (Å²) in [4.78, 5) is 23.7. The van der Waals surface area contributed by atoms with E-state index in [0.717, 1.165) is 31.5 Å². The lowest BCUT2D eigenvalue weighted by molar-refractivity contribution is 0.359. The van der Waals surface area contributed by atoms with Gasteiger partial charge in [0.25, 0.3) is 0 Å². The fourth-order valence-corrected chi connectivity index (χ4v) is 3.29. The third-order valence-electron chi connectivity index (χ3n) is 4.93. The van der Waals surface area contributed by atoms with Crippen molar-refractivity contribution in [2.45, 2.75) is 33.0 Å². The summed E-state index contributed by atoms with van der Waals surface area (Å²) in [6.45, 7) is 4.38. The monoisotopic (exact) mass is 462 g/mol. The van der Waals surface area contributed by atoms with Crippen LogP contribution in [-0.4, -0.2) is 24.1 Å². The first-order valence-corrected chi connectivity index (χ1v) is 9.79. The Morgan fingerprint density at radius 1 is 1.09 bits per heavy atom. The number of nitrogens with zero attached hydrogens (tertiary/aromatic N) is 5. The van der Waals surface area contributed by atoms with Gasteiger partial charge in [0, 0.05) is 17.8 Å². The first kappa shape index (κ1) is 22.2. The lowest BCUT2D eigenvalue weighted by Crippen LogP contribution is -2.20. The van der Waals surface area contributed by atoms with Crippen LogP contribution in [0.4, 0.5) is 23.5 Å². The van der Waals surface area contributed by atoms with Crippen molar-refractivity contribution in [2.24, 2.45) is 0 Å². The number of oxazole rings is 1. The molecule has 3 aromatic heterocycles. The largest absolute Gasteiger partial charge is 0.425 e. The Morgan fingerprint density at radius 3 is 2.52 bits per heavy atom. The zero-order chi connectivity index (χ0) is 23.9. The Morgan fingerprint density at radius 2 is 1.85 bits per heavy atom. The maximum absolute atomic E-state index is 14.8. The molecule has 0 saturated heterocycles. The summed E-state index contributed by atoms with van der Waals surface area (Å²) in [6.07, 6.45) is 2.91. The molecule has 0 bridgehead atoms. The van der Waals surface area contributed by atoms with Crippen LogP contribution >= 0.6 is 0 Å². The lowest BCUT2D eigenvalue weighted by atomic mass is 10.1. The molecule has 33 heavy (non-hydrogen) atoms. The van der Waals surface area contributed by atoms with Crippen LogP contribution in [0.3, 0.4) is 0 Å². The predicted octanol–water partition coefficient (Wildman–Crippen LogP) is 4.34. The van der Waals surface area contributed by atoms with E-state index in [-0.39, 0.29) is 22.9 Å². The number of anilines is 1. The van der Waals surface area contributed by atoms with Gasteiger partial charge in [0.15, 0.2) is 11.6 Å². The molecule has 0 aliphatic rings. The van der Waals surface area contributed by atoms with E-state index in [1.807, 2.05) is 0 Å². The number of halogens is 4. The Balaban J connectivity index is 1.66. The summed E-state index contributed by atoms with van der Waals surface area (Å²) in [6, 6.07) is 1.20. The highest BCUT2D eigenvalue weighted by Crippen LogP contribution is 2.26. The van der Waals surface area contributed by atoms with E-state index in [4.69, 9.17) is 0 Å². The second-order valence-electron chi connectivity index (χ2n) is 7.36. The van der Waals surface area contributed by atoms with Gasteiger partial charge in [-0.15, -0.1) is 0 Å². The molecular weight excluding hydrogens is 444 g/mol. The first-order chi connectivity index (χ1) is 15.7. The van der Waals surface area contributed by atoms with Crippen molar-refractivity contribution in [1.29, 1.82) is 0 Å². The summed E-state index contributed by atoms with van der Waals surface area (Å²) in [5.74, 6) is -4.18. The molecule has 1 N–H and O–H groups in total. The molecule has 0 saturated carbocycles. The van der Waals surface area contributed by atoms with Gasteiger partial charge in [-0.3, -0.25) is 0 Å². The number of imidazole rings is 1. The molecule has 1 aromatic carbocycles. The van der Waals surface area contributed by atoms with Crippen molar-refractivity contribution in [1.82, 2.24) is 24.1 Å². The number of benzene rings is 1. The lowest BCUT2D eigenvalue weighted by Gasteiger charge is -2.17. The zero-order valence-corrected chi connectivity index (χ0v) is 17.7. The van der Waals surface area contributed by atoms with Crippen molar-refractivity contribution < 1.29 is 22.0 Å². The van der Waals surface area contributed by atoms with Gasteiger partial charge in [-0.1, -0.05) is 0 Å². The third kappa shape index (κ3) is 4.23. The van der Waals surface area contributed by atoms with Crippen LogP contribution < -0.4 is 11.1 Å². The SMILES string of the molecule is Cc1cn(-c2cc(F)c([C@H](C)Nc3ncc(F)c(-n4c([C@H](C)F)coc4=O)n3)cc2F)cn1. The number of aryl methyl sites for hydroxylation is 1. The summed E-state index contributed by atoms with van der Waals surface area (Å²) in [7, 11) is 0. The minimum absolute atomic E-state index is 0.0171. The van der Waals surface area contributed by atoms with Gasteiger partial charge in [0.1, 0.15) is 29.8 Å². The molecule has 0 unspecified atom stereocenters. The minimum Gasteiger partial charge on any atom is -0.416 e. The van der Waals surface area contributed by atoms with Gasteiger partial charge in [-0.05, 0) is 26.8 Å². The van der Waals surface area contributed by atoms with Crippen molar-refractivity contribution in [2.75, 3.05) is 5.32 Å². The summed E-state index contributed by atoms with van der Waals surface area (Å²) in [5.41, 5.74) is 0.341. The van der Waals surface area contributed by atoms with E-state index in [1.54, 1.807) is 13.1 Å².